The van der Waals surface area contributed by atoms with Crippen LogP contribution in [0.4, 0.5) is 0 Å². The minimum absolute atomic E-state index is 0.00726. The van der Waals surface area contributed by atoms with Crippen LogP contribution >= 0.6 is 22.9 Å². The Bertz CT molecular complexity index is 936. The second-order valence-corrected chi connectivity index (χ2v) is 11.0. The second kappa shape index (κ2) is 9.47. The molecule has 1 atom stereocenters. The van der Waals surface area contributed by atoms with Crippen molar-refractivity contribution in [3.63, 3.8) is 0 Å². The number of sulfonamides is 1. The van der Waals surface area contributed by atoms with E-state index >= 15 is 0 Å². The van der Waals surface area contributed by atoms with Crippen LogP contribution < -0.4 is 10.1 Å². The zero-order valence-corrected chi connectivity index (χ0v) is 18.8. The maximum absolute atomic E-state index is 12.7. The molecule has 3 rings (SSSR count). The van der Waals surface area contributed by atoms with Crippen LogP contribution in [0.3, 0.4) is 0 Å². The lowest BCUT2D eigenvalue weighted by atomic mass is 9.85. The summed E-state index contributed by atoms with van der Waals surface area (Å²) in [6.07, 6.45) is 1.32. The Morgan fingerprint density at radius 3 is 2.45 bits per heavy atom. The van der Waals surface area contributed by atoms with E-state index in [2.05, 4.69) is 5.32 Å². The van der Waals surface area contributed by atoms with Crippen molar-refractivity contribution in [3.8, 4) is 5.75 Å². The van der Waals surface area contributed by atoms with Gasteiger partial charge in [-0.3, -0.25) is 4.79 Å². The molecule has 0 spiro atoms. The maximum atomic E-state index is 12.7. The van der Waals surface area contributed by atoms with E-state index in [4.69, 9.17) is 16.3 Å². The zero-order chi connectivity index (χ0) is 21.0. The van der Waals surface area contributed by atoms with E-state index in [9.17, 15) is 13.2 Å². The van der Waals surface area contributed by atoms with Gasteiger partial charge in [-0.15, -0.1) is 11.3 Å². The molecular weight excluding hydrogens is 432 g/mol. The van der Waals surface area contributed by atoms with Gasteiger partial charge in [0.05, 0.1) is 11.4 Å². The highest BCUT2D eigenvalue weighted by atomic mass is 35.5. The Morgan fingerprint density at radius 1 is 1.24 bits per heavy atom. The first-order valence-corrected chi connectivity index (χ1v) is 12.1. The van der Waals surface area contributed by atoms with Gasteiger partial charge >= 0.3 is 0 Å². The first-order chi connectivity index (χ1) is 13.8. The number of halogens is 1. The molecule has 1 aliphatic heterocycles. The van der Waals surface area contributed by atoms with Gasteiger partial charge in [0.25, 0.3) is 10.0 Å². The number of carbonyl (C=O) groups is 1. The zero-order valence-electron chi connectivity index (χ0n) is 16.4. The lowest BCUT2D eigenvalue weighted by molar-refractivity contribution is -0.126. The van der Waals surface area contributed by atoms with Crippen LogP contribution in [-0.2, 0) is 21.4 Å². The molecule has 1 saturated heterocycles. The molecule has 0 aliphatic carbocycles. The normalized spacial score (nSPS) is 17.1. The molecule has 1 fully saturated rings. The van der Waals surface area contributed by atoms with Crippen LogP contribution in [0.5, 0.6) is 5.75 Å². The van der Waals surface area contributed by atoms with Crippen LogP contribution in [0.25, 0.3) is 0 Å². The number of piperidine rings is 1. The molecular formula is C20H25ClN2O4S2. The summed E-state index contributed by atoms with van der Waals surface area (Å²) in [5.74, 6) is 0.755. The van der Waals surface area contributed by atoms with Gasteiger partial charge in [0.15, 0.2) is 0 Å². The molecule has 0 radical (unpaired) electrons. The number of nitrogens with one attached hydrogen (secondary N) is 1. The Labute approximate surface area is 180 Å². The van der Waals surface area contributed by atoms with Crippen molar-refractivity contribution in [1.29, 1.82) is 0 Å². The molecule has 1 aromatic carbocycles. The van der Waals surface area contributed by atoms with Gasteiger partial charge in [0, 0.05) is 25.6 Å². The number of hydrogen-bond acceptors (Lipinski definition) is 5. The molecule has 2 heterocycles. The number of benzene rings is 1. The highest BCUT2D eigenvalue weighted by Gasteiger charge is 2.34. The molecule has 158 valence electrons. The maximum Gasteiger partial charge on any atom is 0.252 e. The van der Waals surface area contributed by atoms with Gasteiger partial charge in [0.1, 0.15) is 9.96 Å². The second-order valence-electron chi connectivity index (χ2n) is 7.15. The summed E-state index contributed by atoms with van der Waals surface area (Å²) in [5.41, 5.74) is 1.00. The molecule has 0 bridgehead atoms. The predicted octanol–water partition coefficient (Wildman–Crippen LogP) is 3.76. The van der Waals surface area contributed by atoms with E-state index in [1.165, 1.54) is 4.31 Å². The van der Waals surface area contributed by atoms with Gasteiger partial charge in [-0.25, -0.2) is 8.42 Å². The number of rotatable bonds is 7. The third kappa shape index (κ3) is 5.31. The van der Waals surface area contributed by atoms with Crippen molar-refractivity contribution in [3.05, 3.63) is 46.3 Å². The van der Waals surface area contributed by atoms with Crippen LogP contribution in [-0.4, -0.2) is 38.8 Å². The fraction of sp³-hybridized carbons (Fsp3) is 0.450. The fourth-order valence-electron chi connectivity index (χ4n) is 3.49. The summed E-state index contributed by atoms with van der Waals surface area (Å²) in [4.78, 5) is 12.6. The number of amides is 1. The average Bonchev–Trinajstić information content (AvgIpc) is 3.19. The van der Waals surface area contributed by atoms with Crippen LogP contribution in [0.2, 0.25) is 4.34 Å². The molecule has 1 amide bonds. The predicted molar refractivity (Wildman–Crippen MR) is 115 cm³/mol. The quantitative estimate of drug-likeness (QED) is 0.688. The number of thiophene rings is 1. The summed E-state index contributed by atoms with van der Waals surface area (Å²) in [5, 5.41) is 2.98. The largest absolute Gasteiger partial charge is 0.497 e. The molecule has 1 N–H and O–H groups in total. The number of hydrogen-bond donors (Lipinski definition) is 1. The molecule has 6 nitrogen and oxygen atoms in total. The van der Waals surface area contributed by atoms with Crippen molar-refractivity contribution in [2.24, 2.45) is 11.8 Å². The number of methoxy groups -OCH3 is 1. The summed E-state index contributed by atoms with van der Waals surface area (Å²) >= 11 is 6.95. The Kier molecular flexibility index (Phi) is 7.21. The lowest BCUT2D eigenvalue weighted by Gasteiger charge is -2.33. The highest BCUT2D eigenvalue weighted by Crippen LogP contribution is 2.32. The summed E-state index contributed by atoms with van der Waals surface area (Å²) in [6.45, 7) is 3.20. The van der Waals surface area contributed by atoms with Crippen LogP contribution in [0, 0.1) is 11.8 Å². The van der Waals surface area contributed by atoms with E-state index in [0.29, 0.717) is 36.8 Å². The molecule has 29 heavy (non-hydrogen) atoms. The fourth-order valence-corrected chi connectivity index (χ4v) is 6.59. The van der Waals surface area contributed by atoms with Gasteiger partial charge in [-0.05, 0) is 48.6 Å². The van der Waals surface area contributed by atoms with Crippen molar-refractivity contribution in [1.82, 2.24) is 9.62 Å². The number of nitrogens with zero attached hydrogens (tertiary/aromatic N) is 1. The Hall–Kier alpha value is -1.61. The van der Waals surface area contributed by atoms with Crippen molar-refractivity contribution >= 4 is 38.9 Å². The standard InChI is InChI=1S/C20H25ClN2O4S2/c1-14(20(24)22-13-15-3-5-17(27-2)6-4-15)16-9-11-23(12-10-16)29(25,26)19-8-7-18(21)28-19/h3-8,14,16H,9-13H2,1-2H3,(H,22,24). The van der Waals surface area contributed by atoms with Gasteiger partial charge < -0.3 is 10.1 Å². The monoisotopic (exact) mass is 456 g/mol. The summed E-state index contributed by atoms with van der Waals surface area (Å²) in [6, 6.07) is 10.7. The number of carbonyl (C=O) groups excluding carboxylic acids is 1. The summed E-state index contributed by atoms with van der Waals surface area (Å²) in [7, 11) is -1.89. The van der Waals surface area contributed by atoms with E-state index in [1.807, 2.05) is 31.2 Å². The van der Waals surface area contributed by atoms with E-state index < -0.39 is 10.0 Å². The smallest absolute Gasteiger partial charge is 0.252 e. The average molecular weight is 457 g/mol. The first kappa shape index (κ1) is 22.1. The third-order valence-electron chi connectivity index (χ3n) is 5.39. The Morgan fingerprint density at radius 2 is 1.90 bits per heavy atom. The minimum atomic E-state index is -3.51. The topological polar surface area (TPSA) is 75.7 Å². The minimum Gasteiger partial charge on any atom is -0.497 e. The molecule has 2 aromatic rings. The van der Waals surface area contributed by atoms with Gasteiger partial charge in [-0.2, -0.15) is 4.31 Å². The lowest BCUT2D eigenvalue weighted by Crippen LogP contribution is -2.42. The van der Waals surface area contributed by atoms with Crippen molar-refractivity contribution in [2.45, 2.75) is 30.5 Å². The van der Waals surface area contributed by atoms with Crippen LogP contribution in [0.1, 0.15) is 25.3 Å². The van der Waals surface area contributed by atoms with E-state index in [1.54, 1.807) is 19.2 Å². The highest BCUT2D eigenvalue weighted by molar-refractivity contribution is 7.91. The van der Waals surface area contributed by atoms with Crippen LogP contribution in [0.15, 0.2) is 40.6 Å². The van der Waals surface area contributed by atoms with Crippen molar-refractivity contribution in [2.75, 3.05) is 20.2 Å². The SMILES string of the molecule is COc1ccc(CNC(=O)C(C)C2CCN(S(=O)(=O)c3ccc(Cl)s3)CC2)cc1. The first-order valence-electron chi connectivity index (χ1n) is 9.47. The van der Waals surface area contributed by atoms with Gasteiger partial charge in [-0.1, -0.05) is 30.7 Å². The van der Waals surface area contributed by atoms with Crippen molar-refractivity contribution < 1.29 is 17.9 Å². The van der Waals surface area contributed by atoms with E-state index in [-0.39, 0.29) is 22.0 Å². The molecule has 0 saturated carbocycles. The molecule has 1 unspecified atom stereocenters. The molecule has 9 heteroatoms. The van der Waals surface area contributed by atoms with Gasteiger partial charge in [0.2, 0.25) is 5.91 Å². The third-order valence-corrected chi connectivity index (χ3v) is 8.98. The molecule has 1 aliphatic rings. The Balaban J connectivity index is 1.51. The number of ether oxygens (including phenoxy) is 1. The summed E-state index contributed by atoms with van der Waals surface area (Å²) < 4.78 is 32.8. The molecule has 1 aromatic heterocycles. The van der Waals surface area contributed by atoms with E-state index in [0.717, 1.165) is 22.6 Å².